The average molecular weight is 252 g/mol. The monoisotopic (exact) mass is 252 g/mol. The molecule has 2 aliphatic carbocycles. The van der Waals surface area contributed by atoms with Gasteiger partial charge in [-0.25, -0.2) is 0 Å². The van der Waals surface area contributed by atoms with E-state index in [1.54, 1.807) is 0 Å². The van der Waals surface area contributed by atoms with E-state index in [9.17, 15) is 0 Å². The summed E-state index contributed by atoms with van der Waals surface area (Å²) in [5.74, 6) is 0. The minimum absolute atomic E-state index is 0.324. The normalized spacial score (nSPS) is 32.5. The van der Waals surface area contributed by atoms with Crippen molar-refractivity contribution in [2.45, 2.75) is 83.7 Å². The van der Waals surface area contributed by atoms with Crippen molar-refractivity contribution in [3.8, 4) is 0 Å². The molecule has 2 saturated carbocycles. The lowest BCUT2D eigenvalue weighted by molar-refractivity contribution is 0.0665. The first-order valence-electron chi connectivity index (χ1n) is 8.00. The SMILES string of the molecule is CCCN(C1CC1)C1(CN)CCCC(C)(C)CC1. The van der Waals surface area contributed by atoms with Gasteiger partial charge in [0, 0.05) is 18.1 Å². The van der Waals surface area contributed by atoms with E-state index in [1.165, 1.54) is 57.9 Å². The molecule has 2 N–H and O–H groups in total. The van der Waals surface area contributed by atoms with Crippen molar-refractivity contribution >= 4 is 0 Å². The van der Waals surface area contributed by atoms with Crippen molar-refractivity contribution in [1.82, 2.24) is 4.90 Å². The smallest absolute Gasteiger partial charge is 0.0334 e. The van der Waals surface area contributed by atoms with Gasteiger partial charge in [-0.1, -0.05) is 27.2 Å². The summed E-state index contributed by atoms with van der Waals surface area (Å²) in [6, 6.07) is 0.856. The van der Waals surface area contributed by atoms with Crippen molar-refractivity contribution < 1.29 is 0 Å². The number of nitrogens with two attached hydrogens (primary N) is 1. The Morgan fingerprint density at radius 2 is 1.83 bits per heavy atom. The molecule has 0 aliphatic heterocycles. The Kier molecular flexibility index (Phi) is 4.38. The molecule has 0 radical (unpaired) electrons. The standard InChI is InChI=1S/C16H32N2/c1-4-12-18(14-6-7-14)16(13-17)9-5-8-15(2,3)10-11-16/h14H,4-13,17H2,1-3H3. The lowest BCUT2D eigenvalue weighted by Crippen LogP contribution is -2.55. The van der Waals surface area contributed by atoms with Crippen LogP contribution in [0.5, 0.6) is 0 Å². The fraction of sp³-hybridized carbons (Fsp3) is 1.00. The summed E-state index contributed by atoms with van der Waals surface area (Å²) in [4.78, 5) is 2.80. The minimum atomic E-state index is 0.324. The minimum Gasteiger partial charge on any atom is -0.329 e. The highest BCUT2D eigenvalue weighted by Gasteiger charge is 2.44. The topological polar surface area (TPSA) is 29.3 Å². The Bertz CT molecular complexity index is 270. The number of nitrogens with zero attached hydrogens (tertiary/aromatic N) is 1. The molecule has 2 nitrogen and oxygen atoms in total. The van der Waals surface area contributed by atoms with Gasteiger partial charge in [-0.2, -0.15) is 0 Å². The third kappa shape index (κ3) is 3.08. The molecule has 1 unspecified atom stereocenters. The van der Waals surface area contributed by atoms with Crippen LogP contribution in [0.3, 0.4) is 0 Å². The second kappa shape index (κ2) is 5.50. The Hall–Kier alpha value is -0.0800. The summed E-state index contributed by atoms with van der Waals surface area (Å²) < 4.78 is 0. The highest BCUT2D eigenvalue weighted by molar-refractivity contribution is 5.01. The third-order valence-corrected chi connectivity index (χ3v) is 5.20. The van der Waals surface area contributed by atoms with Gasteiger partial charge in [-0.15, -0.1) is 0 Å². The first kappa shape index (κ1) is 14.3. The molecule has 0 aromatic heterocycles. The van der Waals surface area contributed by atoms with Gasteiger partial charge in [-0.05, 0) is 56.9 Å². The summed E-state index contributed by atoms with van der Waals surface area (Å²) in [7, 11) is 0. The molecule has 2 fully saturated rings. The molecule has 0 aromatic rings. The largest absolute Gasteiger partial charge is 0.329 e. The zero-order valence-electron chi connectivity index (χ0n) is 12.7. The van der Waals surface area contributed by atoms with Crippen LogP contribution in [0.1, 0.15) is 72.1 Å². The summed E-state index contributed by atoms with van der Waals surface area (Å²) in [5.41, 5.74) is 7.10. The second-order valence-corrected chi connectivity index (χ2v) is 7.37. The van der Waals surface area contributed by atoms with E-state index in [-0.39, 0.29) is 0 Å². The van der Waals surface area contributed by atoms with Gasteiger partial charge >= 0.3 is 0 Å². The number of hydrogen-bond acceptors (Lipinski definition) is 2. The lowest BCUT2D eigenvalue weighted by Gasteiger charge is -2.44. The Morgan fingerprint density at radius 3 is 2.39 bits per heavy atom. The van der Waals surface area contributed by atoms with Gasteiger partial charge in [0.05, 0.1) is 0 Å². The number of rotatable bonds is 5. The molecule has 0 saturated heterocycles. The maximum absolute atomic E-state index is 6.25. The highest BCUT2D eigenvalue weighted by atomic mass is 15.3. The molecular formula is C16H32N2. The Morgan fingerprint density at radius 1 is 1.11 bits per heavy atom. The van der Waals surface area contributed by atoms with E-state index in [0.29, 0.717) is 11.0 Å². The van der Waals surface area contributed by atoms with Crippen molar-refractivity contribution in [2.75, 3.05) is 13.1 Å². The van der Waals surface area contributed by atoms with Crippen molar-refractivity contribution in [3.05, 3.63) is 0 Å². The molecule has 2 heteroatoms. The zero-order chi connectivity index (χ0) is 13.2. The van der Waals surface area contributed by atoms with Gasteiger partial charge in [0.15, 0.2) is 0 Å². The highest BCUT2D eigenvalue weighted by Crippen LogP contribution is 2.44. The number of hydrogen-bond donors (Lipinski definition) is 1. The predicted molar refractivity (Wildman–Crippen MR) is 78.7 cm³/mol. The predicted octanol–water partition coefficient (Wildman–Crippen LogP) is 3.55. The summed E-state index contributed by atoms with van der Waals surface area (Å²) in [6.45, 7) is 9.28. The molecule has 0 heterocycles. The molecule has 18 heavy (non-hydrogen) atoms. The zero-order valence-corrected chi connectivity index (χ0v) is 12.7. The van der Waals surface area contributed by atoms with E-state index in [1.807, 2.05) is 0 Å². The van der Waals surface area contributed by atoms with Gasteiger partial charge < -0.3 is 5.73 Å². The van der Waals surface area contributed by atoms with E-state index in [0.717, 1.165) is 12.6 Å². The fourth-order valence-corrected chi connectivity index (χ4v) is 3.76. The fourth-order valence-electron chi connectivity index (χ4n) is 3.76. The molecule has 106 valence electrons. The van der Waals surface area contributed by atoms with Crippen molar-refractivity contribution in [2.24, 2.45) is 11.1 Å². The van der Waals surface area contributed by atoms with Crippen LogP contribution in [0.4, 0.5) is 0 Å². The molecule has 0 amide bonds. The third-order valence-electron chi connectivity index (χ3n) is 5.20. The van der Waals surface area contributed by atoms with Crippen LogP contribution in [0.25, 0.3) is 0 Å². The van der Waals surface area contributed by atoms with Crippen LogP contribution in [0.2, 0.25) is 0 Å². The van der Waals surface area contributed by atoms with Gasteiger partial charge in [-0.3, -0.25) is 4.90 Å². The summed E-state index contributed by atoms with van der Waals surface area (Å²) in [5, 5.41) is 0. The Labute approximate surface area is 113 Å². The molecule has 0 aromatic carbocycles. The summed E-state index contributed by atoms with van der Waals surface area (Å²) in [6.07, 6.45) is 10.8. The van der Waals surface area contributed by atoms with Crippen LogP contribution in [-0.2, 0) is 0 Å². The van der Waals surface area contributed by atoms with E-state index in [4.69, 9.17) is 5.73 Å². The first-order chi connectivity index (χ1) is 8.53. The molecule has 2 rings (SSSR count). The molecule has 1 atom stereocenters. The maximum Gasteiger partial charge on any atom is 0.0334 e. The van der Waals surface area contributed by atoms with Crippen molar-refractivity contribution in [3.63, 3.8) is 0 Å². The maximum atomic E-state index is 6.25. The Balaban J connectivity index is 2.12. The molecule has 2 aliphatic rings. The van der Waals surface area contributed by atoms with Crippen molar-refractivity contribution in [1.29, 1.82) is 0 Å². The van der Waals surface area contributed by atoms with Crippen LogP contribution >= 0.6 is 0 Å². The summed E-state index contributed by atoms with van der Waals surface area (Å²) >= 11 is 0. The van der Waals surface area contributed by atoms with E-state index >= 15 is 0 Å². The quantitative estimate of drug-likeness (QED) is 0.758. The van der Waals surface area contributed by atoms with Gasteiger partial charge in [0.2, 0.25) is 0 Å². The second-order valence-electron chi connectivity index (χ2n) is 7.37. The molecule has 0 bridgehead atoms. The van der Waals surface area contributed by atoms with E-state index in [2.05, 4.69) is 25.7 Å². The van der Waals surface area contributed by atoms with Gasteiger partial charge in [0.25, 0.3) is 0 Å². The lowest BCUT2D eigenvalue weighted by atomic mass is 9.82. The van der Waals surface area contributed by atoms with Crippen LogP contribution in [0.15, 0.2) is 0 Å². The van der Waals surface area contributed by atoms with Crippen LogP contribution in [0, 0.1) is 5.41 Å². The van der Waals surface area contributed by atoms with Crippen LogP contribution in [-0.4, -0.2) is 29.6 Å². The van der Waals surface area contributed by atoms with Gasteiger partial charge in [0.1, 0.15) is 0 Å². The van der Waals surface area contributed by atoms with Crippen LogP contribution < -0.4 is 5.73 Å². The molecular weight excluding hydrogens is 220 g/mol. The molecule has 0 spiro atoms. The average Bonchev–Trinajstić information content (AvgIpc) is 3.15. The van der Waals surface area contributed by atoms with E-state index < -0.39 is 0 Å². The first-order valence-corrected chi connectivity index (χ1v) is 8.00.